The van der Waals surface area contributed by atoms with E-state index in [0.717, 1.165) is 37.7 Å². The first-order chi connectivity index (χ1) is 12.2. The Morgan fingerprint density at radius 1 is 1.28 bits per heavy atom. The third-order valence-corrected chi connectivity index (χ3v) is 5.84. The maximum absolute atomic E-state index is 5.93. The molecule has 25 heavy (non-hydrogen) atoms. The van der Waals surface area contributed by atoms with E-state index >= 15 is 0 Å². The highest BCUT2D eigenvalue weighted by molar-refractivity contribution is 5.80. The summed E-state index contributed by atoms with van der Waals surface area (Å²) >= 11 is 0. The zero-order valence-corrected chi connectivity index (χ0v) is 15.7. The second-order valence-corrected chi connectivity index (χ2v) is 7.06. The number of hydrogen-bond donors (Lipinski definition) is 2. The van der Waals surface area contributed by atoms with E-state index in [0.29, 0.717) is 17.6 Å². The number of methoxy groups -OCH3 is 1. The summed E-state index contributed by atoms with van der Waals surface area (Å²) in [6, 6.07) is 8.72. The van der Waals surface area contributed by atoms with Crippen LogP contribution in [0.2, 0.25) is 0 Å². The predicted octanol–water partition coefficient (Wildman–Crippen LogP) is 2.75. The van der Waals surface area contributed by atoms with Gasteiger partial charge in [-0.1, -0.05) is 18.6 Å². The minimum Gasteiger partial charge on any atom is -0.497 e. The molecule has 2 saturated carbocycles. The van der Waals surface area contributed by atoms with E-state index in [4.69, 9.17) is 9.47 Å². The minimum absolute atomic E-state index is 0.351. The van der Waals surface area contributed by atoms with Crippen LogP contribution in [0.5, 0.6) is 5.75 Å². The number of guanidine groups is 1. The van der Waals surface area contributed by atoms with Gasteiger partial charge in [-0.15, -0.1) is 0 Å². The average Bonchev–Trinajstić information content (AvgIpc) is 2.58. The first kappa shape index (κ1) is 18.1. The van der Waals surface area contributed by atoms with Gasteiger partial charge in [0.15, 0.2) is 5.96 Å². The van der Waals surface area contributed by atoms with Crippen LogP contribution >= 0.6 is 0 Å². The van der Waals surface area contributed by atoms with Crippen molar-refractivity contribution in [1.82, 2.24) is 10.6 Å². The molecule has 5 heteroatoms. The number of nitrogens with one attached hydrogen (secondary N) is 2. The molecule has 138 valence electrons. The van der Waals surface area contributed by atoms with Gasteiger partial charge in [-0.3, -0.25) is 4.99 Å². The van der Waals surface area contributed by atoms with E-state index < -0.39 is 0 Å². The fraction of sp³-hybridized carbons (Fsp3) is 0.650. The number of aliphatic imine (C=N–C) groups is 1. The average molecular weight is 345 g/mol. The molecule has 0 bridgehead atoms. The van der Waals surface area contributed by atoms with Gasteiger partial charge in [0.2, 0.25) is 0 Å². The first-order valence-electron chi connectivity index (χ1n) is 9.43. The van der Waals surface area contributed by atoms with Crippen LogP contribution in [-0.4, -0.2) is 45.4 Å². The molecule has 1 spiro atoms. The van der Waals surface area contributed by atoms with E-state index in [9.17, 15) is 0 Å². The van der Waals surface area contributed by atoms with Crippen molar-refractivity contribution in [2.75, 3.05) is 27.3 Å². The van der Waals surface area contributed by atoms with Crippen LogP contribution < -0.4 is 15.4 Å². The van der Waals surface area contributed by atoms with Crippen molar-refractivity contribution in [3.8, 4) is 5.75 Å². The number of benzene rings is 1. The molecule has 0 aliphatic heterocycles. The van der Waals surface area contributed by atoms with Crippen molar-refractivity contribution in [3.05, 3.63) is 29.8 Å². The van der Waals surface area contributed by atoms with Gasteiger partial charge in [0.1, 0.15) is 5.75 Å². The van der Waals surface area contributed by atoms with Gasteiger partial charge in [0, 0.05) is 31.7 Å². The zero-order valence-electron chi connectivity index (χ0n) is 15.7. The molecule has 2 unspecified atom stereocenters. The molecular weight excluding hydrogens is 314 g/mol. The van der Waals surface area contributed by atoms with Gasteiger partial charge < -0.3 is 20.1 Å². The SMILES string of the molecule is CCOC1CC(NC(=NC)NCCc2ccc(OC)cc2)C12CCC2. The molecule has 0 saturated heterocycles. The molecule has 2 N–H and O–H groups in total. The van der Waals surface area contributed by atoms with Crippen molar-refractivity contribution in [3.63, 3.8) is 0 Å². The standard InChI is InChI=1S/C20H31N3O2/c1-4-25-18-14-17(20(18)11-5-12-20)23-19(21-2)22-13-10-15-6-8-16(24-3)9-7-15/h6-9,17-18H,4-5,10-14H2,1-3H3,(H2,21,22,23). The molecule has 0 heterocycles. The van der Waals surface area contributed by atoms with Crippen molar-refractivity contribution < 1.29 is 9.47 Å². The molecule has 1 aromatic carbocycles. The largest absolute Gasteiger partial charge is 0.497 e. The molecule has 0 radical (unpaired) electrons. The molecule has 1 aromatic rings. The van der Waals surface area contributed by atoms with Crippen molar-refractivity contribution in [1.29, 1.82) is 0 Å². The molecule has 2 atom stereocenters. The molecule has 0 amide bonds. The van der Waals surface area contributed by atoms with E-state index in [2.05, 4.69) is 34.7 Å². The van der Waals surface area contributed by atoms with Gasteiger partial charge in [-0.2, -0.15) is 0 Å². The quantitative estimate of drug-likeness (QED) is 0.589. The Bertz CT molecular complexity index is 581. The Kier molecular flexibility index (Phi) is 5.84. The van der Waals surface area contributed by atoms with Crippen LogP contribution in [0.1, 0.15) is 38.2 Å². The van der Waals surface area contributed by atoms with Gasteiger partial charge in [0.05, 0.1) is 13.2 Å². The summed E-state index contributed by atoms with van der Waals surface area (Å²) in [5, 5.41) is 7.07. The Hall–Kier alpha value is -1.75. The Morgan fingerprint density at radius 3 is 2.60 bits per heavy atom. The van der Waals surface area contributed by atoms with Crippen molar-refractivity contribution >= 4 is 5.96 Å². The summed E-state index contributed by atoms with van der Waals surface area (Å²) < 4.78 is 11.1. The summed E-state index contributed by atoms with van der Waals surface area (Å²) in [6.07, 6.45) is 6.36. The van der Waals surface area contributed by atoms with Crippen molar-refractivity contribution in [2.24, 2.45) is 10.4 Å². The molecule has 5 nitrogen and oxygen atoms in total. The summed E-state index contributed by atoms with van der Waals surface area (Å²) in [7, 11) is 3.53. The Morgan fingerprint density at radius 2 is 2.04 bits per heavy atom. The first-order valence-corrected chi connectivity index (χ1v) is 9.43. The number of ether oxygens (including phenoxy) is 2. The minimum atomic E-state index is 0.351. The van der Waals surface area contributed by atoms with E-state index in [-0.39, 0.29) is 0 Å². The van der Waals surface area contributed by atoms with Gasteiger partial charge in [0.25, 0.3) is 0 Å². The maximum atomic E-state index is 5.93. The zero-order chi connectivity index (χ0) is 17.7. The summed E-state index contributed by atoms with van der Waals surface area (Å²) in [5.41, 5.74) is 1.64. The van der Waals surface area contributed by atoms with Crippen LogP contribution in [0.4, 0.5) is 0 Å². The predicted molar refractivity (Wildman–Crippen MR) is 101 cm³/mol. The molecule has 2 fully saturated rings. The number of nitrogens with zero attached hydrogens (tertiary/aromatic N) is 1. The molecule has 0 aromatic heterocycles. The third kappa shape index (κ3) is 3.76. The summed E-state index contributed by atoms with van der Waals surface area (Å²) in [4.78, 5) is 4.40. The van der Waals surface area contributed by atoms with Crippen LogP contribution in [0.3, 0.4) is 0 Å². The highest BCUT2D eigenvalue weighted by Crippen LogP contribution is 2.57. The fourth-order valence-electron chi connectivity index (χ4n) is 4.12. The van der Waals surface area contributed by atoms with Crippen LogP contribution in [0.15, 0.2) is 29.3 Å². The second-order valence-electron chi connectivity index (χ2n) is 7.06. The lowest BCUT2D eigenvalue weighted by Gasteiger charge is -2.61. The topological polar surface area (TPSA) is 54.9 Å². The van der Waals surface area contributed by atoms with Crippen LogP contribution in [0, 0.1) is 5.41 Å². The highest BCUT2D eigenvalue weighted by Gasteiger charge is 2.59. The van der Waals surface area contributed by atoms with E-state index in [1.54, 1.807) is 7.11 Å². The lowest BCUT2D eigenvalue weighted by Crippen LogP contribution is -2.68. The molecule has 2 aliphatic rings. The van der Waals surface area contributed by atoms with Crippen LogP contribution in [-0.2, 0) is 11.2 Å². The van der Waals surface area contributed by atoms with Gasteiger partial charge >= 0.3 is 0 Å². The monoisotopic (exact) mass is 345 g/mol. The molecule has 3 rings (SSSR count). The maximum Gasteiger partial charge on any atom is 0.191 e. The third-order valence-electron chi connectivity index (χ3n) is 5.84. The Balaban J connectivity index is 1.45. The van der Waals surface area contributed by atoms with E-state index in [1.807, 2.05) is 19.2 Å². The normalized spacial score (nSPS) is 24.4. The second kappa shape index (κ2) is 8.09. The van der Waals surface area contributed by atoms with Gasteiger partial charge in [-0.25, -0.2) is 0 Å². The molecule has 2 aliphatic carbocycles. The van der Waals surface area contributed by atoms with E-state index in [1.165, 1.54) is 24.8 Å². The van der Waals surface area contributed by atoms with Gasteiger partial charge in [-0.05, 0) is 50.3 Å². The number of rotatable bonds is 7. The van der Waals surface area contributed by atoms with Crippen molar-refractivity contribution in [2.45, 2.75) is 51.2 Å². The lowest BCUT2D eigenvalue weighted by molar-refractivity contribution is -0.168. The van der Waals surface area contributed by atoms with Crippen LogP contribution in [0.25, 0.3) is 0 Å². The fourth-order valence-corrected chi connectivity index (χ4v) is 4.12. The number of hydrogen-bond acceptors (Lipinski definition) is 3. The summed E-state index contributed by atoms with van der Waals surface area (Å²) in [5.74, 6) is 1.80. The lowest BCUT2D eigenvalue weighted by atomic mass is 9.51. The smallest absolute Gasteiger partial charge is 0.191 e. The highest BCUT2D eigenvalue weighted by atomic mass is 16.5. The summed E-state index contributed by atoms with van der Waals surface area (Å²) in [6.45, 7) is 3.77. The Labute approximate surface area is 151 Å². The molecular formula is C20H31N3O2.